The first-order chi connectivity index (χ1) is 10.5. The van der Waals surface area contributed by atoms with Crippen LogP contribution < -0.4 is 5.56 Å². The number of aromatic amines is 1. The van der Waals surface area contributed by atoms with E-state index < -0.39 is 29.0 Å². The number of rotatable bonds is 3. The van der Waals surface area contributed by atoms with Gasteiger partial charge < -0.3 is 10.1 Å². The van der Waals surface area contributed by atoms with Crippen LogP contribution in [0.4, 0.5) is 8.78 Å². The van der Waals surface area contributed by atoms with Crippen LogP contribution in [0.15, 0.2) is 29.3 Å². The lowest BCUT2D eigenvalue weighted by atomic mass is 10.2. The summed E-state index contributed by atoms with van der Waals surface area (Å²) in [4.78, 5) is 33.0. The Morgan fingerprint density at radius 1 is 1.32 bits per heavy atom. The molecular weight excluding hydrogens is 298 g/mol. The fraction of sp³-hybridized carbons (Fsp3) is 0.0769. The first kappa shape index (κ1) is 13.9. The van der Waals surface area contributed by atoms with Crippen LogP contribution in [0, 0.1) is 11.6 Å². The molecule has 0 atom stereocenters. The lowest BCUT2D eigenvalue weighted by Crippen LogP contribution is -2.21. The first-order valence-electron chi connectivity index (χ1n) is 6.08. The Morgan fingerprint density at radius 3 is 2.77 bits per heavy atom. The van der Waals surface area contributed by atoms with Crippen molar-refractivity contribution in [3.05, 3.63) is 57.9 Å². The van der Waals surface area contributed by atoms with E-state index in [-0.39, 0.29) is 17.7 Å². The van der Waals surface area contributed by atoms with Crippen LogP contribution >= 0.6 is 0 Å². The summed E-state index contributed by atoms with van der Waals surface area (Å²) in [5.41, 5.74) is -0.318. The fourth-order valence-corrected chi connectivity index (χ4v) is 1.97. The van der Waals surface area contributed by atoms with Gasteiger partial charge in [-0.2, -0.15) is 0 Å². The highest BCUT2D eigenvalue weighted by Crippen LogP contribution is 2.10. The number of fused-ring (bicyclic) bond motifs is 1. The Kier molecular flexibility index (Phi) is 3.17. The minimum Gasteiger partial charge on any atom is -0.475 e. The summed E-state index contributed by atoms with van der Waals surface area (Å²) in [6, 6.07) is 3.26. The van der Waals surface area contributed by atoms with Gasteiger partial charge in [0.2, 0.25) is 5.82 Å². The van der Waals surface area contributed by atoms with Gasteiger partial charge in [0.05, 0.1) is 6.54 Å². The summed E-state index contributed by atoms with van der Waals surface area (Å²) in [7, 11) is 0. The number of H-pyrrole nitrogens is 1. The summed E-state index contributed by atoms with van der Waals surface area (Å²) < 4.78 is 27.2. The van der Waals surface area contributed by atoms with Gasteiger partial charge in [0, 0.05) is 0 Å². The topological polar surface area (TPSA) is 101 Å². The predicted molar refractivity (Wildman–Crippen MR) is 70.6 cm³/mol. The van der Waals surface area contributed by atoms with Crippen LogP contribution in [0.2, 0.25) is 0 Å². The van der Waals surface area contributed by atoms with Gasteiger partial charge in [-0.15, -0.1) is 0 Å². The molecule has 0 aliphatic heterocycles. The summed E-state index contributed by atoms with van der Waals surface area (Å²) >= 11 is 0. The molecule has 2 N–H and O–H groups in total. The quantitative estimate of drug-likeness (QED) is 0.756. The van der Waals surface area contributed by atoms with Crippen molar-refractivity contribution in [1.82, 2.24) is 19.5 Å². The number of hydrogen-bond donors (Lipinski definition) is 2. The monoisotopic (exact) mass is 306 g/mol. The number of nitrogens with one attached hydrogen (secondary N) is 1. The van der Waals surface area contributed by atoms with E-state index >= 15 is 0 Å². The molecule has 0 aliphatic rings. The van der Waals surface area contributed by atoms with Gasteiger partial charge in [-0.3, -0.25) is 9.36 Å². The highest BCUT2D eigenvalue weighted by Gasteiger charge is 2.14. The van der Waals surface area contributed by atoms with Crippen LogP contribution in [0.5, 0.6) is 0 Å². The zero-order valence-corrected chi connectivity index (χ0v) is 10.9. The number of benzene rings is 1. The van der Waals surface area contributed by atoms with Crippen molar-refractivity contribution in [2.45, 2.75) is 6.54 Å². The smallest absolute Gasteiger partial charge is 0.371 e. The zero-order chi connectivity index (χ0) is 15.9. The molecule has 0 aliphatic carbocycles. The van der Waals surface area contributed by atoms with Gasteiger partial charge in [-0.25, -0.2) is 23.5 Å². The van der Waals surface area contributed by atoms with E-state index in [1.54, 1.807) is 0 Å². The van der Waals surface area contributed by atoms with E-state index in [4.69, 9.17) is 5.11 Å². The lowest BCUT2D eigenvalue weighted by molar-refractivity contribution is 0.0685. The third kappa shape index (κ3) is 2.32. The lowest BCUT2D eigenvalue weighted by Gasteiger charge is -2.05. The van der Waals surface area contributed by atoms with Gasteiger partial charge in [0.15, 0.2) is 22.8 Å². The second-order valence-electron chi connectivity index (χ2n) is 4.51. The van der Waals surface area contributed by atoms with E-state index in [1.165, 1.54) is 12.4 Å². The molecule has 2 heterocycles. The Bertz CT molecular complexity index is 948. The molecule has 1 aromatic carbocycles. The van der Waals surface area contributed by atoms with Gasteiger partial charge in [-0.05, 0) is 17.7 Å². The Balaban J connectivity index is 2.04. The normalized spacial score (nSPS) is 11.0. The van der Waals surface area contributed by atoms with E-state index in [2.05, 4.69) is 15.0 Å². The number of halogens is 2. The molecule has 112 valence electrons. The van der Waals surface area contributed by atoms with Crippen LogP contribution in [0.25, 0.3) is 11.2 Å². The Labute approximate surface area is 120 Å². The Morgan fingerprint density at radius 2 is 2.09 bits per heavy atom. The molecule has 0 saturated carbocycles. The average molecular weight is 306 g/mol. The number of carboxylic acids is 1. The number of aromatic carboxylic acids is 1. The third-order valence-corrected chi connectivity index (χ3v) is 3.01. The van der Waals surface area contributed by atoms with Crippen molar-refractivity contribution in [2.24, 2.45) is 0 Å². The van der Waals surface area contributed by atoms with Crippen molar-refractivity contribution in [1.29, 1.82) is 0 Å². The molecule has 2 aromatic heterocycles. The first-order valence-corrected chi connectivity index (χ1v) is 6.08. The molecule has 0 spiro atoms. The average Bonchev–Trinajstić information content (AvgIpc) is 2.91. The van der Waals surface area contributed by atoms with E-state index in [0.717, 1.165) is 16.7 Å². The van der Waals surface area contributed by atoms with Crippen molar-refractivity contribution >= 4 is 17.1 Å². The van der Waals surface area contributed by atoms with E-state index in [1.807, 2.05) is 0 Å². The molecule has 0 bridgehead atoms. The van der Waals surface area contributed by atoms with Crippen molar-refractivity contribution in [3.8, 4) is 0 Å². The van der Waals surface area contributed by atoms with Crippen molar-refractivity contribution < 1.29 is 18.7 Å². The van der Waals surface area contributed by atoms with Crippen molar-refractivity contribution in [2.75, 3.05) is 0 Å². The number of carbonyl (C=O) groups is 1. The van der Waals surface area contributed by atoms with E-state index in [0.29, 0.717) is 5.56 Å². The minimum atomic E-state index is -1.32. The summed E-state index contributed by atoms with van der Waals surface area (Å²) in [6.07, 6.45) is 1.18. The van der Waals surface area contributed by atoms with Crippen molar-refractivity contribution in [3.63, 3.8) is 0 Å². The largest absolute Gasteiger partial charge is 0.475 e. The van der Waals surface area contributed by atoms with E-state index in [9.17, 15) is 18.4 Å². The molecule has 3 rings (SSSR count). The number of imidazole rings is 1. The van der Waals surface area contributed by atoms with Gasteiger partial charge in [0.25, 0.3) is 5.56 Å². The van der Waals surface area contributed by atoms with Crippen LogP contribution in [0.1, 0.15) is 16.2 Å². The number of carboxylic acid groups (broad SMARTS) is 1. The summed E-state index contributed by atoms with van der Waals surface area (Å²) in [5.74, 6) is -3.72. The SMILES string of the molecule is O=C(O)c1nc2c(=O)n(Cc3ccc(F)c(F)c3)cnc2[nH]1. The molecule has 0 amide bonds. The standard InChI is InChI=1S/C13H8F2N4O3/c14-7-2-1-6(3-8(7)15)4-19-5-16-10-9(12(19)20)17-11(18-10)13(21)22/h1-3,5H,4H2,(H,17,18)(H,21,22). The summed E-state index contributed by atoms with van der Waals surface area (Å²) in [5, 5.41) is 8.83. The molecule has 0 radical (unpaired) electrons. The predicted octanol–water partition coefficient (Wildman–Crippen LogP) is 1.14. The second-order valence-corrected chi connectivity index (χ2v) is 4.51. The molecule has 22 heavy (non-hydrogen) atoms. The maximum Gasteiger partial charge on any atom is 0.371 e. The summed E-state index contributed by atoms with van der Waals surface area (Å²) in [6.45, 7) is -0.0474. The van der Waals surface area contributed by atoms with Crippen LogP contribution in [-0.4, -0.2) is 30.6 Å². The number of aromatic nitrogens is 4. The molecule has 0 unspecified atom stereocenters. The van der Waals surface area contributed by atoms with Gasteiger partial charge in [0.1, 0.15) is 6.33 Å². The fourth-order valence-electron chi connectivity index (χ4n) is 1.97. The van der Waals surface area contributed by atoms with Gasteiger partial charge >= 0.3 is 5.97 Å². The maximum atomic E-state index is 13.2. The molecule has 0 fully saturated rings. The molecular formula is C13H8F2N4O3. The van der Waals surface area contributed by atoms with Crippen LogP contribution in [-0.2, 0) is 6.54 Å². The molecule has 3 aromatic rings. The molecule has 9 heteroatoms. The third-order valence-electron chi connectivity index (χ3n) is 3.01. The molecule has 7 nitrogen and oxygen atoms in total. The number of hydrogen-bond acceptors (Lipinski definition) is 4. The zero-order valence-electron chi connectivity index (χ0n) is 10.9. The van der Waals surface area contributed by atoms with Crippen LogP contribution in [0.3, 0.4) is 0 Å². The van der Waals surface area contributed by atoms with Gasteiger partial charge in [-0.1, -0.05) is 6.07 Å². The highest BCUT2D eigenvalue weighted by molar-refractivity contribution is 5.87. The minimum absolute atomic E-state index is 0.0453. The maximum absolute atomic E-state index is 13.2. The Hall–Kier alpha value is -3.10. The molecule has 0 saturated heterocycles. The second kappa shape index (κ2) is 5.02. The highest BCUT2D eigenvalue weighted by atomic mass is 19.2. The number of nitrogens with zero attached hydrogens (tertiary/aromatic N) is 3.